The second kappa shape index (κ2) is 6.75. The molecule has 2 atom stereocenters. The number of methoxy groups -OCH3 is 1. The van der Waals surface area contributed by atoms with Crippen LogP contribution in [0.1, 0.15) is 36.0 Å². The molecule has 0 unspecified atom stereocenters. The Labute approximate surface area is 131 Å². The van der Waals surface area contributed by atoms with E-state index in [2.05, 4.69) is 4.98 Å². The van der Waals surface area contributed by atoms with Gasteiger partial charge in [0.25, 0.3) is 5.91 Å². The standard InChI is InChI=1S/C17H24N2O3/c1-21-10-5-14-11-17(22-12-14)6-2-9-19(13-17)16(20)15-3-7-18-8-4-15/h3-4,7-8,14H,2,5-6,9-13H2,1H3/t14-,17-/m1/s1. The molecule has 22 heavy (non-hydrogen) atoms. The van der Waals surface area contributed by atoms with Crippen molar-refractivity contribution >= 4 is 5.91 Å². The maximum absolute atomic E-state index is 12.6. The zero-order chi connectivity index (χ0) is 15.4. The van der Waals surface area contributed by atoms with Crippen molar-refractivity contribution in [1.29, 1.82) is 0 Å². The van der Waals surface area contributed by atoms with Crippen LogP contribution in [0.2, 0.25) is 0 Å². The van der Waals surface area contributed by atoms with Gasteiger partial charge in [0.1, 0.15) is 0 Å². The number of rotatable bonds is 4. The molecule has 1 aromatic heterocycles. The summed E-state index contributed by atoms with van der Waals surface area (Å²) >= 11 is 0. The summed E-state index contributed by atoms with van der Waals surface area (Å²) < 4.78 is 11.3. The summed E-state index contributed by atoms with van der Waals surface area (Å²) in [5, 5.41) is 0. The van der Waals surface area contributed by atoms with Gasteiger partial charge in [-0.2, -0.15) is 0 Å². The van der Waals surface area contributed by atoms with E-state index in [4.69, 9.17) is 9.47 Å². The minimum Gasteiger partial charge on any atom is -0.385 e. The maximum Gasteiger partial charge on any atom is 0.254 e. The Morgan fingerprint density at radius 1 is 1.50 bits per heavy atom. The lowest BCUT2D eigenvalue weighted by atomic mass is 9.85. The number of aromatic nitrogens is 1. The number of ether oxygens (including phenoxy) is 2. The summed E-state index contributed by atoms with van der Waals surface area (Å²) in [5.74, 6) is 0.640. The first-order chi connectivity index (χ1) is 10.7. The number of piperidine rings is 1. The van der Waals surface area contributed by atoms with E-state index in [-0.39, 0.29) is 11.5 Å². The molecule has 120 valence electrons. The van der Waals surface area contributed by atoms with E-state index in [1.165, 1.54) is 0 Å². The minimum absolute atomic E-state index is 0.0883. The summed E-state index contributed by atoms with van der Waals surface area (Å²) in [7, 11) is 1.74. The van der Waals surface area contributed by atoms with E-state index in [1.807, 2.05) is 4.90 Å². The van der Waals surface area contributed by atoms with Crippen LogP contribution < -0.4 is 0 Å². The van der Waals surface area contributed by atoms with Crippen molar-refractivity contribution in [3.8, 4) is 0 Å². The van der Waals surface area contributed by atoms with Gasteiger partial charge in [-0.1, -0.05) is 0 Å². The van der Waals surface area contributed by atoms with Gasteiger partial charge in [-0.25, -0.2) is 0 Å². The zero-order valence-electron chi connectivity index (χ0n) is 13.2. The van der Waals surface area contributed by atoms with Crippen LogP contribution in [-0.4, -0.2) is 54.8 Å². The van der Waals surface area contributed by atoms with Gasteiger partial charge in [-0.05, 0) is 43.7 Å². The van der Waals surface area contributed by atoms with Gasteiger partial charge >= 0.3 is 0 Å². The minimum atomic E-state index is -0.140. The monoisotopic (exact) mass is 304 g/mol. The highest BCUT2D eigenvalue weighted by atomic mass is 16.5. The number of hydrogen-bond acceptors (Lipinski definition) is 4. The van der Waals surface area contributed by atoms with Crippen molar-refractivity contribution < 1.29 is 14.3 Å². The number of carbonyl (C=O) groups is 1. The summed E-state index contributed by atoms with van der Waals surface area (Å²) in [4.78, 5) is 18.5. The average Bonchev–Trinajstić information content (AvgIpc) is 2.95. The molecule has 3 rings (SSSR count). The first-order valence-corrected chi connectivity index (χ1v) is 8.05. The summed E-state index contributed by atoms with van der Waals surface area (Å²) in [5.41, 5.74) is 0.570. The van der Waals surface area contributed by atoms with Gasteiger partial charge in [-0.3, -0.25) is 9.78 Å². The molecule has 1 spiro atoms. The average molecular weight is 304 g/mol. The molecular formula is C17H24N2O3. The maximum atomic E-state index is 12.6. The van der Waals surface area contributed by atoms with Crippen LogP contribution in [-0.2, 0) is 9.47 Å². The third-order valence-electron chi connectivity index (χ3n) is 4.77. The summed E-state index contributed by atoms with van der Waals surface area (Å²) in [6, 6.07) is 3.56. The Hall–Kier alpha value is -1.46. The largest absolute Gasteiger partial charge is 0.385 e. The number of nitrogens with zero attached hydrogens (tertiary/aromatic N) is 2. The number of carbonyl (C=O) groups excluding carboxylic acids is 1. The van der Waals surface area contributed by atoms with Crippen molar-refractivity contribution in [3.63, 3.8) is 0 Å². The fraction of sp³-hybridized carbons (Fsp3) is 0.647. The number of hydrogen-bond donors (Lipinski definition) is 0. The van der Waals surface area contributed by atoms with Crippen molar-refractivity contribution in [2.24, 2.45) is 5.92 Å². The van der Waals surface area contributed by atoms with Gasteiger partial charge in [0.2, 0.25) is 0 Å². The molecule has 0 saturated carbocycles. The van der Waals surface area contributed by atoms with Crippen molar-refractivity contribution in [3.05, 3.63) is 30.1 Å². The smallest absolute Gasteiger partial charge is 0.254 e. The molecule has 2 saturated heterocycles. The molecule has 5 nitrogen and oxygen atoms in total. The van der Waals surface area contributed by atoms with Gasteiger partial charge in [-0.15, -0.1) is 0 Å². The first-order valence-electron chi connectivity index (χ1n) is 8.05. The summed E-state index contributed by atoms with van der Waals surface area (Å²) in [6.45, 7) is 3.09. The van der Waals surface area contributed by atoms with Gasteiger partial charge in [0, 0.05) is 44.8 Å². The van der Waals surface area contributed by atoms with Crippen LogP contribution in [0.15, 0.2) is 24.5 Å². The molecule has 2 fully saturated rings. The molecule has 0 radical (unpaired) electrons. The summed E-state index contributed by atoms with van der Waals surface area (Å²) in [6.07, 6.45) is 7.47. The topological polar surface area (TPSA) is 51.7 Å². The number of likely N-dealkylation sites (tertiary alicyclic amines) is 1. The highest BCUT2D eigenvalue weighted by Crippen LogP contribution is 2.38. The Bertz CT molecular complexity index is 508. The van der Waals surface area contributed by atoms with Crippen molar-refractivity contribution in [2.75, 3.05) is 33.4 Å². The van der Waals surface area contributed by atoms with Crippen LogP contribution >= 0.6 is 0 Å². The Morgan fingerprint density at radius 3 is 3.09 bits per heavy atom. The fourth-order valence-corrected chi connectivity index (χ4v) is 3.64. The normalized spacial score (nSPS) is 28.2. The van der Waals surface area contributed by atoms with E-state index in [0.717, 1.165) is 45.4 Å². The molecule has 0 aromatic carbocycles. The fourth-order valence-electron chi connectivity index (χ4n) is 3.64. The van der Waals surface area contributed by atoms with Crippen molar-refractivity contribution in [1.82, 2.24) is 9.88 Å². The first kappa shape index (κ1) is 15.4. The Kier molecular flexibility index (Phi) is 4.74. The van der Waals surface area contributed by atoms with E-state index < -0.39 is 0 Å². The van der Waals surface area contributed by atoms with E-state index in [1.54, 1.807) is 31.6 Å². The molecule has 5 heteroatoms. The molecule has 0 bridgehead atoms. The lowest BCUT2D eigenvalue weighted by Crippen LogP contribution is -2.50. The highest BCUT2D eigenvalue weighted by molar-refractivity contribution is 5.94. The predicted octanol–water partition coefficient (Wildman–Crippen LogP) is 2.13. The van der Waals surface area contributed by atoms with Crippen molar-refractivity contribution in [2.45, 2.75) is 31.3 Å². The SMILES string of the molecule is COCC[C@H]1CO[C@]2(CCCN(C(=O)c3ccncc3)C2)C1. The van der Waals surface area contributed by atoms with Gasteiger partial charge in [0.05, 0.1) is 12.2 Å². The van der Waals surface area contributed by atoms with Crippen LogP contribution in [0.5, 0.6) is 0 Å². The molecule has 3 heterocycles. The molecule has 0 N–H and O–H groups in total. The lowest BCUT2D eigenvalue weighted by molar-refractivity contribution is -0.0450. The Balaban J connectivity index is 1.64. The lowest BCUT2D eigenvalue weighted by Gasteiger charge is -2.39. The molecule has 2 aliphatic heterocycles. The number of pyridine rings is 1. The number of amides is 1. The second-order valence-corrected chi connectivity index (χ2v) is 6.41. The van der Waals surface area contributed by atoms with Crippen LogP contribution in [0.25, 0.3) is 0 Å². The van der Waals surface area contributed by atoms with E-state index >= 15 is 0 Å². The van der Waals surface area contributed by atoms with Gasteiger partial charge < -0.3 is 14.4 Å². The van der Waals surface area contributed by atoms with Crippen LogP contribution in [0.3, 0.4) is 0 Å². The predicted molar refractivity (Wildman–Crippen MR) is 82.7 cm³/mol. The third-order valence-corrected chi connectivity index (χ3v) is 4.77. The molecule has 2 aliphatic rings. The highest BCUT2D eigenvalue weighted by Gasteiger charge is 2.44. The zero-order valence-corrected chi connectivity index (χ0v) is 13.2. The Morgan fingerprint density at radius 2 is 2.32 bits per heavy atom. The van der Waals surface area contributed by atoms with Crippen LogP contribution in [0.4, 0.5) is 0 Å². The van der Waals surface area contributed by atoms with E-state index in [0.29, 0.717) is 18.0 Å². The molecule has 0 aliphatic carbocycles. The molecular weight excluding hydrogens is 280 g/mol. The quantitative estimate of drug-likeness (QED) is 0.855. The molecule has 1 amide bonds. The third kappa shape index (κ3) is 3.31. The second-order valence-electron chi connectivity index (χ2n) is 6.41. The molecule has 1 aromatic rings. The van der Waals surface area contributed by atoms with Crippen LogP contribution in [0, 0.1) is 5.92 Å². The van der Waals surface area contributed by atoms with E-state index in [9.17, 15) is 4.79 Å². The van der Waals surface area contributed by atoms with Gasteiger partial charge in [0.15, 0.2) is 0 Å².